The molecule has 4 nitrogen and oxygen atoms in total. The Balaban J connectivity index is 1.84. The third-order valence-corrected chi connectivity index (χ3v) is 3.14. The van der Waals surface area contributed by atoms with E-state index in [1.165, 1.54) is 0 Å². The Morgan fingerprint density at radius 2 is 2.10 bits per heavy atom. The van der Waals surface area contributed by atoms with Gasteiger partial charge < -0.3 is 15.0 Å². The van der Waals surface area contributed by atoms with Gasteiger partial charge in [-0.15, -0.1) is 0 Å². The number of ether oxygens (including phenoxy) is 1. The van der Waals surface area contributed by atoms with Gasteiger partial charge in [-0.3, -0.25) is 4.79 Å². The highest BCUT2D eigenvalue weighted by molar-refractivity contribution is 5.78. The van der Waals surface area contributed by atoms with Crippen molar-refractivity contribution in [2.24, 2.45) is 0 Å². The smallest absolute Gasteiger partial charge is 0.252 e. The van der Waals surface area contributed by atoms with E-state index < -0.39 is 0 Å². The van der Waals surface area contributed by atoms with Gasteiger partial charge in [-0.25, -0.2) is 0 Å². The molecule has 0 aliphatic heterocycles. The summed E-state index contributed by atoms with van der Waals surface area (Å²) in [6.07, 6.45) is 2.02. The summed E-state index contributed by atoms with van der Waals surface area (Å²) in [6.45, 7) is 5.15. The van der Waals surface area contributed by atoms with Gasteiger partial charge >= 0.3 is 0 Å². The van der Waals surface area contributed by atoms with Gasteiger partial charge in [0.05, 0.1) is 0 Å². The molecule has 0 saturated heterocycles. The molecule has 1 aromatic carbocycles. The van der Waals surface area contributed by atoms with Crippen molar-refractivity contribution in [3.63, 3.8) is 0 Å². The van der Waals surface area contributed by atoms with Crippen molar-refractivity contribution in [2.45, 2.75) is 26.3 Å². The number of pyridine rings is 1. The summed E-state index contributed by atoms with van der Waals surface area (Å²) in [6, 6.07) is 9.77. The Labute approximate surface area is 119 Å². The van der Waals surface area contributed by atoms with E-state index in [-0.39, 0.29) is 5.56 Å². The zero-order chi connectivity index (χ0) is 14.2. The molecule has 0 unspecified atom stereocenters. The number of benzene rings is 1. The molecule has 2 aromatic rings. The van der Waals surface area contributed by atoms with E-state index in [4.69, 9.17) is 4.74 Å². The van der Waals surface area contributed by atoms with Gasteiger partial charge in [0.2, 0.25) is 0 Å². The van der Waals surface area contributed by atoms with Crippen LogP contribution in [-0.2, 0) is 11.3 Å². The second-order valence-corrected chi connectivity index (χ2v) is 4.85. The Bertz CT molecular complexity index is 592. The summed E-state index contributed by atoms with van der Waals surface area (Å²) in [5.74, 6) is 0. The molecule has 0 amide bonds. The Morgan fingerprint density at radius 3 is 2.95 bits per heavy atom. The van der Waals surface area contributed by atoms with Gasteiger partial charge in [-0.05, 0) is 36.9 Å². The lowest BCUT2D eigenvalue weighted by atomic mass is 10.1. The van der Waals surface area contributed by atoms with Gasteiger partial charge in [0.15, 0.2) is 0 Å². The van der Waals surface area contributed by atoms with Crippen molar-refractivity contribution >= 4 is 10.9 Å². The molecule has 0 spiro atoms. The van der Waals surface area contributed by atoms with Gasteiger partial charge in [-0.1, -0.05) is 25.1 Å². The zero-order valence-electron chi connectivity index (χ0n) is 11.9. The van der Waals surface area contributed by atoms with Crippen LogP contribution in [0.25, 0.3) is 10.9 Å². The summed E-state index contributed by atoms with van der Waals surface area (Å²) < 4.78 is 5.41. The molecular formula is C16H22N2O2. The first-order valence-electron chi connectivity index (χ1n) is 7.20. The summed E-state index contributed by atoms with van der Waals surface area (Å²) >= 11 is 0. The maximum atomic E-state index is 11.9. The van der Waals surface area contributed by atoms with Crippen molar-refractivity contribution in [3.05, 3.63) is 46.2 Å². The van der Waals surface area contributed by atoms with Gasteiger partial charge in [-0.2, -0.15) is 0 Å². The molecule has 1 heterocycles. The molecule has 0 radical (unpaired) electrons. The minimum atomic E-state index is -0.0153. The molecule has 1 aromatic heterocycles. The van der Waals surface area contributed by atoms with Crippen molar-refractivity contribution in [3.8, 4) is 0 Å². The minimum Gasteiger partial charge on any atom is -0.381 e. The van der Waals surface area contributed by atoms with Crippen LogP contribution in [0.3, 0.4) is 0 Å². The SMILES string of the molecule is CCCOCCCNCc1cc2ccccc2[nH]c1=O. The van der Waals surface area contributed by atoms with E-state index >= 15 is 0 Å². The summed E-state index contributed by atoms with van der Waals surface area (Å²) in [4.78, 5) is 14.8. The fraction of sp³-hybridized carbons (Fsp3) is 0.438. The monoisotopic (exact) mass is 274 g/mol. The third kappa shape index (κ3) is 4.18. The van der Waals surface area contributed by atoms with E-state index in [1.54, 1.807) is 0 Å². The molecule has 0 atom stereocenters. The number of aromatic amines is 1. The number of hydrogen-bond acceptors (Lipinski definition) is 3. The van der Waals surface area contributed by atoms with Crippen molar-refractivity contribution < 1.29 is 4.74 Å². The lowest BCUT2D eigenvalue weighted by molar-refractivity contribution is 0.132. The first-order chi connectivity index (χ1) is 9.81. The summed E-state index contributed by atoms with van der Waals surface area (Å²) in [5, 5.41) is 4.35. The van der Waals surface area contributed by atoms with Crippen LogP contribution in [0, 0.1) is 0 Å². The molecular weight excluding hydrogens is 252 g/mol. The molecule has 2 rings (SSSR count). The molecule has 108 valence electrons. The highest BCUT2D eigenvalue weighted by Crippen LogP contribution is 2.09. The molecule has 0 bridgehead atoms. The van der Waals surface area contributed by atoms with E-state index in [9.17, 15) is 4.79 Å². The second-order valence-electron chi connectivity index (χ2n) is 4.85. The predicted molar refractivity (Wildman–Crippen MR) is 82.0 cm³/mol. The van der Waals surface area contributed by atoms with E-state index in [1.807, 2.05) is 30.3 Å². The highest BCUT2D eigenvalue weighted by Gasteiger charge is 2.01. The van der Waals surface area contributed by atoms with Gasteiger partial charge in [0.1, 0.15) is 0 Å². The Kier molecular flexibility index (Phi) is 5.77. The average Bonchev–Trinajstić information content (AvgIpc) is 2.46. The largest absolute Gasteiger partial charge is 0.381 e. The van der Waals surface area contributed by atoms with Crippen molar-refractivity contribution in [1.29, 1.82) is 0 Å². The first kappa shape index (κ1) is 14.8. The molecule has 0 aliphatic carbocycles. The number of para-hydroxylation sites is 1. The normalized spacial score (nSPS) is 11.1. The van der Waals surface area contributed by atoms with Gasteiger partial charge in [0.25, 0.3) is 5.56 Å². The fourth-order valence-corrected chi connectivity index (χ4v) is 2.09. The number of rotatable bonds is 8. The topological polar surface area (TPSA) is 54.1 Å². The van der Waals surface area contributed by atoms with E-state index in [0.717, 1.165) is 49.1 Å². The quantitative estimate of drug-likeness (QED) is 0.727. The second kappa shape index (κ2) is 7.82. The average molecular weight is 274 g/mol. The predicted octanol–water partition coefficient (Wildman–Crippen LogP) is 2.43. The molecule has 2 N–H and O–H groups in total. The van der Waals surface area contributed by atoms with Crippen LogP contribution in [-0.4, -0.2) is 24.7 Å². The Morgan fingerprint density at radius 1 is 1.25 bits per heavy atom. The maximum absolute atomic E-state index is 11.9. The number of nitrogens with one attached hydrogen (secondary N) is 2. The number of aromatic nitrogens is 1. The van der Waals surface area contributed by atoms with E-state index in [0.29, 0.717) is 6.54 Å². The zero-order valence-corrected chi connectivity index (χ0v) is 11.9. The van der Waals surface area contributed by atoms with Crippen LogP contribution in [0.15, 0.2) is 35.1 Å². The van der Waals surface area contributed by atoms with Crippen LogP contribution in [0.5, 0.6) is 0 Å². The van der Waals surface area contributed by atoms with Crippen molar-refractivity contribution in [1.82, 2.24) is 10.3 Å². The molecule has 4 heteroatoms. The van der Waals surface area contributed by atoms with Crippen molar-refractivity contribution in [2.75, 3.05) is 19.8 Å². The van der Waals surface area contributed by atoms with Crippen LogP contribution in [0.2, 0.25) is 0 Å². The van der Waals surface area contributed by atoms with Gasteiger partial charge in [0, 0.05) is 30.8 Å². The standard InChI is InChI=1S/C16H22N2O2/c1-2-9-20-10-5-8-17-12-14-11-13-6-3-4-7-15(13)18-16(14)19/h3-4,6-7,11,17H,2,5,8-10,12H2,1H3,(H,18,19). The van der Waals surface area contributed by atoms with Crippen LogP contribution < -0.4 is 10.9 Å². The van der Waals surface area contributed by atoms with Crippen LogP contribution in [0.4, 0.5) is 0 Å². The molecule has 0 saturated carbocycles. The Hall–Kier alpha value is -1.65. The maximum Gasteiger partial charge on any atom is 0.252 e. The molecule has 20 heavy (non-hydrogen) atoms. The first-order valence-corrected chi connectivity index (χ1v) is 7.20. The number of H-pyrrole nitrogens is 1. The molecule has 0 aliphatic rings. The summed E-state index contributed by atoms with van der Waals surface area (Å²) in [7, 11) is 0. The third-order valence-electron chi connectivity index (χ3n) is 3.14. The molecule has 0 fully saturated rings. The van der Waals surface area contributed by atoms with Crippen LogP contribution >= 0.6 is 0 Å². The lowest BCUT2D eigenvalue weighted by Crippen LogP contribution is -2.22. The lowest BCUT2D eigenvalue weighted by Gasteiger charge is -2.06. The van der Waals surface area contributed by atoms with E-state index in [2.05, 4.69) is 17.2 Å². The highest BCUT2D eigenvalue weighted by atomic mass is 16.5. The van der Waals surface area contributed by atoms with Crippen LogP contribution in [0.1, 0.15) is 25.3 Å². The fourth-order valence-electron chi connectivity index (χ4n) is 2.09. The number of fused-ring (bicyclic) bond motifs is 1. The summed E-state index contributed by atoms with van der Waals surface area (Å²) in [5.41, 5.74) is 1.64. The number of hydrogen-bond donors (Lipinski definition) is 2. The minimum absolute atomic E-state index is 0.0153.